The molecule has 0 aliphatic heterocycles. The Bertz CT molecular complexity index is 70.1. The predicted octanol–water partition coefficient (Wildman–Crippen LogP) is 2.72. The van der Waals surface area contributed by atoms with E-state index in [4.69, 9.17) is 6.58 Å². The maximum absolute atomic E-state index is 5.13. The molecule has 0 atom stereocenters. The van der Waals surface area contributed by atoms with Gasteiger partial charge < -0.3 is 0 Å². The van der Waals surface area contributed by atoms with E-state index in [0.29, 0.717) is 0 Å². The number of hydrogen-bond acceptors (Lipinski definition) is 0. The van der Waals surface area contributed by atoms with Crippen molar-refractivity contribution in [2.45, 2.75) is 26.2 Å². The van der Waals surface area contributed by atoms with E-state index < -0.39 is 0 Å². The molecule has 0 heteroatoms. The Hall–Kier alpha value is -0.520. The second kappa shape index (κ2) is 6.48. The van der Waals surface area contributed by atoms with Gasteiger partial charge in [-0.3, -0.25) is 0 Å². The van der Waals surface area contributed by atoms with Gasteiger partial charge >= 0.3 is 0 Å². The minimum absolute atomic E-state index is 0.903. The Morgan fingerprint density at radius 3 is 2.62 bits per heavy atom. The van der Waals surface area contributed by atoms with Crippen LogP contribution in [0.15, 0.2) is 18.2 Å². The summed E-state index contributed by atoms with van der Waals surface area (Å²) in [7, 11) is 0. The van der Waals surface area contributed by atoms with E-state index in [-0.39, 0.29) is 0 Å². The zero-order valence-corrected chi connectivity index (χ0v) is 5.43. The average Bonchev–Trinajstić information content (AvgIpc) is 1.81. The third kappa shape index (κ3) is 5.48. The van der Waals surface area contributed by atoms with Gasteiger partial charge in [0.05, 0.1) is 0 Å². The van der Waals surface area contributed by atoms with Crippen molar-refractivity contribution >= 4 is 0 Å². The molecule has 0 aliphatic carbocycles. The zero-order valence-electron chi connectivity index (χ0n) is 5.43. The molecule has 1 radical (unpaired) electrons. The van der Waals surface area contributed by atoms with Crippen LogP contribution in [0.25, 0.3) is 0 Å². The van der Waals surface area contributed by atoms with Crippen molar-refractivity contribution in [2.75, 3.05) is 0 Å². The van der Waals surface area contributed by atoms with Gasteiger partial charge in [-0.1, -0.05) is 38.2 Å². The van der Waals surface area contributed by atoms with E-state index in [2.05, 4.69) is 19.1 Å². The van der Waals surface area contributed by atoms with Crippen molar-refractivity contribution < 1.29 is 0 Å². The molecule has 8 heavy (non-hydrogen) atoms. The summed E-state index contributed by atoms with van der Waals surface area (Å²) in [5, 5.41) is 0. The van der Waals surface area contributed by atoms with Crippen LogP contribution in [-0.4, -0.2) is 0 Å². The van der Waals surface area contributed by atoms with Crippen molar-refractivity contribution in [1.82, 2.24) is 0 Å². The van der Waals surface area contributed by atoms with Gasteiger partial charge in [-0.15, -0.1) is 0 Å². The minimum atomic E-state index is 0.903. The molecule has 0 aliphatic rings. The normalized spacial score (nSPS) is 10.1. The fourth-order valence-corrected chi connectivity index (χ4v) is 0.459. The summed E-state index contributed by atoms with van der Waals surface area (Å²) in [4.78, 5) is 0. The third-order valence-electron chi connectivity index (χ3n) is 0.894. The topological polar surface area (TPSA) is 0 Å². The molecular formula is C8H13. The van der Waals surface area contributed by atoms with E-state index in [1.807, 2.05) is 0 Å². The molecule has 0 aromatic carbocycles. The van der Waals surface area contributed by atoms with Crippen molar-refractivity contribution in [3.63, 3.8) is 0 Å². The summed E-state index contributed by atoms with van der Waals surface area (Å²) >= 11 is 0. The van der Waals surface area contributed by atoms with Crippen LogP contribution in [0.1, 0.15) is 26.2 Å². The molecule has 0 aromatic rings. The van der Waals surface area contributed by atoms with Gasteiger partial charge in [-0.2, -0.15) is 0 Å². The van der Waals surface area contributed by atoms with Crippen LogP contribution in [-0.2, 0) is 0 Å². The van der Waals surface area contributed by atoms with Crippen LogP contribution in [0, 0.1) is 6.58 Å². The number of allylic oxidation sites excluding steroid dienone is 3. The Morgan fingerprint density at radius 1 is 1.38 bits per heavy atom. The highest BCUT2D eigenvalue weighted by Crippen LogP contribution is 1.90. The van der Waals surface area contributed by atoms with Crippen LogP contribution in [0.2, 0.25) is 0 Å². The fourth-order valence-electron chi connectivity index (χ4n) is 0.459. The molecule has 0 saturated heterocycles. The second-order valence-electron chi connectivity index (χ2n) is 1.73. The SMILES string of the molecule is [CH]=CC/C=C/CCC. The molecule has 0 N–H and O–H groups in total. The summed E-state index contributed by atoms with van der Waals surface area (Å²) in [5.41, 5.74) is 0. The quantitative estimate of drug-likeness (QED) is 0.487. The Kier molecular flexibility index (Phi) is 6.06. The standard InChI is InChI=1S/C8H13/c1-3-5-7-8-6-4-2/h1,3,7-8H,4-6H2,2H3/b3-1?,8-7+. The molecular weight excluding hydrogens is 96.1 g/mol. The largest absolute Gasteiger partial charge is 0.0882 e. The minimum Gasteiger partial charge on any atom is -0.0882 e. The van der Waals surface area contributed by atoms with Gasteiger partial charge in [-0.05, 0) is 12.8 Å². The van der Waals surface area contributed by atoms with E-state index in [1.165, 1.54) is 12.8 Å². The van der Waals surface area contributed by atoms with Crippen molar-refractivity contribution in [3.8, 4) is 0 Å². The van der Waals surface area contributed by atoms with Crippen LogP contribution in [0.5, 0.6) is 0 Å². The lowest BCUT2D eigenvalue weighted by atomic mass is 10.3. The molecule has 0 amide bonds. The maximum atomic E-state index is 5.13. The van der Waals surface area contributed by atoms with Crippen LogP contribution in [0.3, 0.4) is 0 Å². The highest BCUT2D eigenvalue weighted by atomic mass is 13.8. The molecule has 45 valence electrons. The molecule has 0 spiro atoms. The van der Waals surface area contributed by atoms with Crippen LogP contribution in [0.4, 0.5) is 0 Å². The molecule has 0 nitrogen and oxygen atoms in total. The van der Waals surface area contributed by atoms with Crippen molar-refractivity contribution in [1.29, 1.82) is 0 Å². The Labute approximate surface area is 51.9 Å². The molecule has 0 bridgehead atoms. The molecule has 0 rings (SSSR count). The lowest BCUT2D eigenvalue weighted by molar-refractivity contribution is 0.954. The van der Waals surface area contributed by atoms with E-state index in [0.717, 1.165) is 6.42 Å². The van der Waals surface area contributed by atoms with Crippen molar-refractivity contribution in [2.24, 2.45) is 0 Å². The lowest BCUT2D eigenvalue weighted by Gasteiger charge is -1.80. The van der Waals surface area contributed by atoms with E-state index >= 15 is 0 Å². The number of unbranched alkanes of at least 4 members (excludes halogenated alkanes) is 1. The Morgan fingerprint density at radius 2 is 2.12 bits per heavy atom. The van der Waals surface area contributed by atoms with Gasteiger partial charge in [0.15, 0.2) is 0 Å². The first-order valence-electron chi connectivity index (χ1n) is 3.10. The third-order valence-corrected chi connectivity index (χ3v) is 0.894. The smallest absolute Gasteiger partial charge is 0.0166 e. The molecule has 0 aromatic heterocycles. The van der Waals surface area contributed by atoms with E-state index in [9.17, 15) is 0 Å². The predicted molar refractivity (Wildman–Crippen MR) is 37.5 cm³/mol. The first kappa shape index (κ1) is 7.48. The number of hydrogen-bond donors (Lipinski definition) is 0. The zero-order chi connectivity index (χ0) is 6.24. The van der Waals surface area contributed by atoms with Crippen LogP contribution < -0.4 is 0 Å². The summed E-state index contributed by atoms with van der Waals surface area (Å²) in [5.74, 6) is 0. The van der Waals surface area contributed by atoms with Crippen molar-refractivity contribution in [3.05, 3.63) is 24.8 Å². The fraction of sp³-hybridized carbons (Fsp3) is 0.500. The molecule has 0 heterocycles. The summed E-state index contributed by atoms with van der Waals surface area (Å²) < 4.78 is 0. The summed E-state index contributed by atoms with van der Waals surface area (Å²) in [6.07, 6.45) is 9.20. The highest BCUT2D eigenvalue weighted by molar-refractivity contribution is 4.86. The first-order chi connectivity index (χ1) is 3.91. The van der Waals surface area contributed by atoms with Gasteiger partial charge in [0, 0.05) is 0 Å². The number of rotatable bonds is 4. The average molecular weight is 109 g/mol. The summed E-state index contributed by atoms with van der Waals surface area (Å²) in [6.45, 7) is 7.30. The maximum Gasteiger partial charge on any atom is -0.0166 e. The van der Waals surface area contributed by atoms with Crippen LogP contribution >= 0.6 is 0 Å². The lowest BCUT2D eigenvalue weighted by Crippen LogP contribution is -1.60. The molecule has 0 fully saturated rings. The Balaban J connectivity index is 2.94. The molecule has 0 saturated carbocycles. The van der Waals surface area contributed by atoms with E-state index in [1.54, 1.807) is 6.08 Å². The van der Waals surface area contributed by atoms with Gasteiger partial charge in [0.2, 0.25) is 0 Å². The first-order valence-corrected chi connectivity index (χ1v) is 3.10. The van der Waals surface area contributed by atoms with Gasteiger partial charge in [0.25, 0.3) is 0 Å². The highest BCUT2D eigenvalue weighted by Gasteiger charge is 1.69. The van der Waals surface area contributed by atoms with Gasteiger partial charge in [-0.25, -0.2) is 0 Å². The summed E-state index contributed by atoms with van der Waals surface area (Å²) in [6, 6.07) is 0. The van der Waals surface area contributed by atoms with Gasteiger partial charge in [0.1, 0.15) is 0 Å². The molecule has 0 unspecified atom stereocenters. The monoisotopic (exact) mass is 109 g/mol. The second-order valence-corrected chi connectivity index (χ2v) is 1.73.